The number of allylic oxidation sites excluding steroid dienone is 5. The lowest BCUT2D eigenvalue weighted by Gasteiger charge is -2.28. The average Bonchev–Trinajstić information content (AvgIpc) is 2.21. The van der Waals surface area contributed by atoms with Crippen molar-refractivity contribution in [1.29, 1.82) is 0 Å². The zero-order chi connectivity index (χ0) is 15.3. The standard InChI is InChI=1S/C17H28O2/c1-8-13(16(2,3)4)15(19)14(17(5,6)7)11-9-10-12-18/h8-9,11-12,19H,10H2,1-7H3/b11-9+,13-8+,15-14-. The average molecular weight is 264 g/mol. The lowest BCUT2D eigenvalue weighted by molar-refractivity contribution is -0.107. The minimum atomic E-state index is -0.178. The van der Waals surface area contributed by atoms with E-state index in [1.165, 1.54) is 0 Å². The second kappa shape index (κ2) is 6.74. The summed E-state index contributed by atoms with van der Waals surface area (Å²) in [5.74, 6) is 0.324. The van der Waals surface area contributed by atoms with E-state index in [-0.39, 0.29) is 10.8 Å². The Morgan fingerprint density at radius 1 is 1.05 bits per heavy atom. The van der Waals surface area contributed by atoms with Gasteiger partial charge in [-0.15, -0.1) is 0 Å². The molecule has 19 heavy (non-hydrogen) atoms. The smallest absolute Gasteiger partial charge is 0.123 e. The first-order valence-corrected chi connectivity index (χ1v) is 6.76. The van der Waals surface area contributed by atoms with Crippen LogP contribution < -0.4 is 0 Å². The minimum absolute atomic E-state index is 0.117. The third-order valence-corrected chi connectivity index (χ3v) is 2.93. The molecule has 0 spiro atoms. The lowest BCUT2D eigenvalue weighted by Crippen LogP contribution is -2.17. The summed E-state index contributed by atoms with van der Waals surface area (Å²) >= 11 is 0. The summed E-state index contributed by atoms with van der Waals surface area (Å²) in [6.45, 7) is 14.3. The Morgan fingerprint density at radius 3 is 1.89 bits per heavy atom. The summed E-state index contributed by atoms with van der Waals surface area (Å²) in [7, 11) is 0. The van der Waals surface area contributed by atoms with E-state index in [2.05, 4.69) is 41.5 Å². The molecule has 0 heterocycles. The number of hydrogen-bond donors (Lipinski definition) is 1. The molecule has 0 saturated heterocycles. The van der Waals surface area contributed by atoms with Crippen LogP contribution in [0.25, 0.3) is 0 Å². The molecule has 2 heteroatoms. The van der Waals surface area contributed by atoms with Gasteiger partial charge in [-0.1, -0.05) is 59.8 Å². The normalized spacial score (nSPS) is 15.6. The molecule has 0 unspecified atom stereocenters. The molecule has 0 aliphatic heterocycles. The van der Waals surface area contributed by atoms with Gasteiger partial charge in [0.1, 0.15) is 12.0 Å². The van der Waals surface area contributed by atoms with Gasteiger partial charge in [0.05, 0.1) is 0 Å². The van der Waals surface area contributed by atoms with Crippen LogP contribution in [0.5, 0.6) is 0 Å². The highest BCUT2D eigenvalue weighted by atomic mass is 16.3. The van der Waals surface area contributed by atoms with Crippen molar-refractivity contribution in [3.05, 3.63) is 35.1 Å². The van der Waals surface area contributed by atoms with Crippen LogP contribution in [-0.2, 0) is 4.79 Å². The van der Waals surface area contributed by atoms with Gasteiger partial charge in [0.2, 0.25) is 0 Å². The van der Waals surface area contributed by atoms with Gasteiger partial charge in [0, 0.05) is 6.42 Å². The number of rotatable bonds is 4. The summed E-state index contributed by atoms with van der Waals surface area (Å²) in [6, 6.07) is 0. The van der Waals surface area contributed by atoms with Gasteiger partial charge in [0.15, 0.2) is 0 Å². The minimum Gasteiger partial charge on any atom is -0.507 e. The van der Waals surface area contributed by atoms with Crippen molar-refractivity contribution in [3.63, 3.8) is 0 Å². The first kappa shape index (κ1) is 17.7. The predicted octanol–water partition coefficient (Wildman–Crippen LogP) is 4.98. The highest BCUT2D eigenvalue weighted by molar-refractivity contribution is 5.52. The second-order valence-corrected chi connectivity index (χ2v) is 6.77. The first-order valence-electron chi connectivity index (χ1n) is 6.76. The topological polar surface area (TPSA) is 37.3 Å². The predicted molar refractivity (Wildman–Crippen MR) is 82.1 cm³/mol. The Balaban J connectivity index is 5.80. The summed E-state index contributed by atoms with van der Waals surface area (Å²) < 4.78 is 0. The Hall–Kier alpha value is -1.31. The van der Waals surface area contributed by atoms with Crippen molar-refractivity contribution in [2.24, 2.45) is 10.8 Å². The maximum atomic E-state index is 10.6. The van der Waals surface area contributed by atoms with E-state index in [0.29, 0.717) is 12.2 Å². The number of aliphatic hydroxyl groups excluding tert-OH is 1. The van der Waals surface area contributed by atoms with Crippen LogP contribution in [0.15, 0.2) is 35.1 Å². The fourth-order valence-corrected chi connectivity index (χ4v) is 2.00. The van der Waals surface area contributed by atoms with Crippen molar-refractivity contribution < 1.29 is 9.90 Å². The number of hydrogen-bond acceptors (Lipinski definition) is 2. The van der Waals surface area contributed by atoms with Gasteiger partial charge in [-0.05, 0) is 28.9 Å². The zero-order valence-electron chi connectivity index (χ0n) is 13.4. The molecule has 108 valence electrons. The molecule has 2 nitrogen and oxygen atoms in total. The third kappa shape index (κ3) is 5.46. The van der Waals surface area contributed by atoms with Crippen molar-refractivity contribution in [2.45, 2.75) is 54.9 Å². The molecule has 1 N–H and O–H groups in total. The Morgan fingerprint density at radius 2 is 1.58 bits per heavy atom. The summed E-state index contributed by atoms with van der Waals surface area (Å²) in [5.41, 5.74) is 1.49. The molecule has 0 saturated carbocycles. The van der Waals surface area contributed by atoms with E-state index in [0.717, 1.165) is 17.4 Å². The van der Waals surface area contributed by atoms with E-state index in [9.17, 15) is 9.90 Å². The quantitative estimate of drug-likeness (QED) is 0.441. The third-order valence-electron chi connectivity index (χ3n) is 2.93. The van der Waals surface area contributed by atoms with E-state index in [1.807, 2.05) is 19.1 Å². The number of aliphatic hydroxyl groups is 1. The SMILES string of the molecule is C\C=C(/C(O)=C(\C=C\CC=O)C(C)(C)C)C(C)(C)C. The summed E-state index contributed by atoms with van der Waals surface area (Å²) in [4.78, 5) is 10.4. The van der Waals surface area contributed by atoms with Crippen molar-refractivity contribution in [2.75, 3.05) is 0 Å². The Kier molecular flexibility index (Phi) is 6.28. The highest BCUT2D eigenvalue weighted by Gasteiger charge is 2.26. The van der Waals surface area contributed by atoms with Crippen LogP contribution in [-0.4, -0.2) is 11.4 Å². The molecule has 0 aliphatic carbocycles. The first-order chi connectivity index (χ1) is 8.55. The molecule has 0 fully saturated rings. The van der Waals surface area contributed by atoms with Gasteiger partial charge in [-0.25, -0.2) is 0 Å². The van der Waals surface area contributed by atoms with Gasteiger partial charge < -0.3 is 9.90 Å². The van der Waals surface area contributed by atoms with Crippen LogP contribution >= 0.6 is 0 Å². The van der Waals surface area contributed by atoms with Crippen molar-refractivity contribution in [3.8, 4) is 0 Å². The van der Waals surface area contributed by atoms with Crippen LogP contribution in [0.4, 0.5) is 0 Å². The van der Waals surface area contributed by atoms with Crippen molar-refractivity contribution >= 4 is 6.29 Å². The van der Waals surface area contributed by atoms with Crippen LogP contribution in [0.2, 0.25) is 0 Å². The fraction of sp³-hybridized carbons (Fsp3) is 0.588. The molecule has 0 aromatic carbocycles. The number of carbonyl (C=O) groups excluding carboxylic acids is 1. The molecule has 0 rings (SSSR count). The molecule has 0 aromatic heterocycles. The van der Waals surface area contributed by atoms with Gasteiger partial charge >= 0.3 is 0 Å². The largest absolute Gasteiger partial charge is 0.507 e. The molecule has 0 atom stereocenters. The van der Waals surface area contributed by atoms with E-state index < -0.39 is 0 Å². The zero-order valence-corrected chi connectivity index (χ0v) is 13.4. The molecule has 0 aliphatic rings. The van der Waals surface area contributed by atoms with Crippen LogP contribution in [0.3, 0.4) is 0 Å². The van der Waals surface area contributed by atoms with Gasteiger partial charge in [0.25, 0.3) is 0 Å². The maximum Gasteiger partial charge on any atom is 0.123 e. The van der Waals surface area contributed by atoms with E-state index in [1.54, 1.807) is 6.08 Å². The van der Waals surface area contributed by atoms with Crippen molar-refractivity contribution in [1.82, 2.24) is 0 Å². The summed E-state index contributed by atoms with van der Waals surface area (Å²) in [6.07, 6.45) is 6.83. The van der Waals surface area contributed by atoms with E-state index >= 15 is 0 Å². The van der Waals surface area contributed by atoms with Gasteiger partial charge in [-0.3, -0.25) is 0 Å². The Labute approximate surface area is 117 Å². The monoisotopic (exact) mass is 264 g/mol. The second-order valence-electron chi connectivity index (χ2n) is 6.77. The molecule has 0 aromatic rings. The maximum absolute atomic E-state index is 10.6. The van der Waals surface area contributed by atoms with E-state index in [4.69, 9.17) is 0 Å². The summed E-state index contributed by atoms with van der Waals surface area (Å²) in [5, 5.41) is 10.6. The molecule has 0 bridgehead atoms. The number of carbonyl (C=O) groups is 1. The number of aldehydes is 1. The molecular weight excluding hydrogens is 236 g/mol. The lowest BCUT2D eigenvalue weighted by atomic mass is 9.78. The van der Waals surface area contributed by atoms with Crippen LogP contribution in [0, 0.1) is 10.8 Å². The molecular formula is C17H28O2. The molecule has 0 amide bonds. The fourth-order valence-electron chi connectivity index (χ4n) is 2.00. The van der Waals surface area contributed by atoms with Gasteiger partial charge in [-0.2, -0.15) is 0 Å². The van der Waals surface area contributed by atoms with Crippen LogP contribution in [0.1, 0.15) is 54.9 Å². The molecule has 0 radical (unpaired) electrons. The Bertz CT molecular complexity index is 396. The highest BCUT2D eigenvalue weighted by Crippen LogP contribution is 2.37.